The van der Waals surface area contributed by atoms with Gasteiger partial charge in [-0.1, -0.05) is 32.0 Å². The molecule has 1 aromatic carbocycles. The van der Waals surface area contributed by atoms with Crippen molar-refractivity contribution in [3.63, 3.8) is 0 Å². The lowest BCUT2D eigenvalue weighted by Gasteiger charge is -2.15. The standard InChI is InChI=1S/C15H21N3O/c1-10(2)13(16)9-18-15(19)7-11-8-17-14-6-4-3-5-12(11)14/h3-6,8,10,13,17H,7,9,16H2,1-2H3,(H,18,19). The van der Waals surface area contributed by atoms with Crippen LogP contribution in [0.15, 0.2) is 30.5 Å². The number of nitrogens with one attached hydrogen (secondary N) is 2. The molecule has 0 spiro atoms. The van der Waals surface area contributed by atoms with Crippen molar-refractivity contribution in [3.05, 3.63) is 36.0 Å². The summed E-state index contributed by atoms with van der Waals surface area (Å²) in [5.74, 6) is 0.384. The predicted molar refractivity (Wildman–Crippen MR) is 77.8 cm³/mol. The van der Waals surface area contributed by atoms with E-state index in [1.807, 2.05) is 30.5 Å². The molecule has 1 heterocycles. The van der Waals surface area contributed by atoms with Gasteiger partial charge in [-0.15, -0.1) is 0 Å². The number of para-hydroxylation sites is 1. The highest BCUT2D eigenvalue weighted by Gasteiger charge is 2.11. The molecule has 2 rings (SSSR count). The Kier molecular flexibility index (Phi) is 4.22. The lowest BCUT2D eigenvalue weighted by molar-refractivity contribution is -0.120. The molecule has 2 aromatic rings. The van der Waals surface area contributed by atoms with Gasteiger partial charge in [0.15, 0.2) is 0 Å². The van der Waals surface area contributed by atoms with Gasteiger partial charge in [0.2, 0.25) is 5.91 Å². The van der Waals surface area contributed by atoms with E-state index in [4.69, 9.17) is 5.73 Å². The topological polar surface area (TPSA) is 70.9 Å². The Morgan fingerprint density at radius 3 is 2.84 bits per heavy atom. The van der Waals surface area contributed by atoms with E-state index in [2.05, 4.69) is 24.1 Å². The predicted octanol–water partition coefficient (Wildman–Crippen LogP) is 1.81. The molecular formula is C15H21N3O. The molecule has 0 aliphatic carbocycles. The zero-order valence-corrected chi connectivity index (χ0v) is 11.4. The van der Waals surface area contributed by atoms with Crippen molar-refractivity contribution in [2.45, 2.75) is 26.3 Å². The molecule has 1 unspecified atom stereocenters. The zero-order chi connectivity index (χ0) is 13.8. The van der Waals surface area contributed by atoms with Gasteiger partial charge in [0.05, 0.1) is 6.42 Å². The number of carbonyl (C=O) groups is 1. The lowest BCUT2D eigenvalue weighted by Crippen LogP contribution is -2.40. The lowest BCUT2D eigenvalue weighted by atomic mass is 10.1. The van der Waals surface area contributed by atoms with Gasteiger partial charge in [-0.25, -0.2) is 0 Å². The van der Waals surface area contributed by atoms with Crippen LogP contribution in [-0.4, -0.2) is 23.5 Å². The first kappa shape index (κ1) is 13.6. The summed E-state index contributed by atoms with van der Waals surface area (Å²) in [6, 6.07) is 7.99. The van der Waals surface area contributed by atoms with Crippen molar-refractivity contribution in [2.75, 3.05) is 6.54 Å². The number of amides is 1. The van der Waals surface area contributed by atoms with Crippen LogP contribution in [0.5, 0.6) is 0 Å². The van der Waals surface area contributed by atoms with Crippen LogP contribution < -0.4 is 11.1 Å². The van der Waals surface area contributed by atoms with Gasteiger partial charge < -0.3 is 16.0 Å². The maximum atomic E-state index is 11.9. The first-order valence-electron chi connectivity index (χ1n) is 6.65. The number of benzene rings is 1. The molecule has 1 aromatic heterocycles. The summed E-state index contributed by atoms with van der Waals surface area (Å²) in [5, 5.41) is 3.99. The van der Waals surface area contributed by atoms with E-state index >= 15 is 0 Å². The molecule has 4 nitrogen and oxygen atoms in total. The van der Waals surface area contributed by atoms with Gasteiger partial charge in [-0.2, -0.15) is 0 Å². The minimum atomic E-state index is 0.00641. The number of hydrogen-bond donors (Lipinski definition) is 3. The first-order chi connectivity index (χ1) is 9.08. The van der Waals surface area contributed by atoms with E-state index < -0.39 is 0 Å². The number of aromatic amines is 1. The van der Waals surface area contributed by atoms with Crippen molar-refractivity contribution in [1.82, 2.24) is 10.3 Å². The van der Waals surface area contributed by atoms with E-state index in [9.17, 15) is 4.79 Å². The van der Waals surface area contributed by atoms with E-state index in [1.165, 1.54) is 0 Å². The molecule has 19 heavy (non-hydrogen) atoms. The monoisotopic (exact) mass is 259 g/mol. The normalized spacial score (nSPS) is 12.8. The summed E-state index contributed by atoms with van der Waals surface area (Å²) >= 11 is 0. The van der Waals surface area contributed by atoms with Crippen molar-refractivity contribution < 1.29 is 4.79 Å². The highest BCUT2D eigenvalue weighted by Crippen LogP contribution is 2.17. The largest absolute Gasteiger partial charge is 0.361 e. The number of nitrogens with two attached hydrogens (primary N) is 1. The third kappa shape index (κ3) is 3.35. The van der Waals surface area contributed by atoms with Crippen molar-refractivity contribution in [1.29, 1.82) is 0 Å². The third-order valence-electron chi connectivity index (χ3n) is 3.42. The Bertz CT molecular complexity index is 559. The molecule has 0 aliphatic rings. The molecule has 0 radical (unpaired) electrons. The molecule has 1 amide bonds. The molecule has 0 saturated carbocycles. The van der Waals surface area contributed by atoms with Crippen LogP contribution in [0.1, 0.15) is 19.4 Å². The number of H-pyrrole nitrogens is 1. The quantitative estimate of drug-likeness (QED) is 0.766. The fourth-order valence-corrected chi connectivity index (χ4v) is 1.98. The van der Waals surface area contributed by atoms with Gasteiger partial charge in [0.1, 0.15) is 0 Å². The number of carbonyl (C=O) groups excluding carboxylic acids is 1. The second-order valence-electron chi connectivity index (χ2n) is 5.25. The van der Waals surface area contributed by atoms with Crippen molar-refractivity contribution in [3.8, 4) is 0 Å². The molecule has 0 saturated heterocycles. The summed E-state index contributed by atoms with van der Waals surface area (Å²) in [6.07, 6.45) is 2.28. The van der Waals surface area contributed by atoms with Crippen LogP contribution in [0.4, 0.5) is 0 Å². The molecule has 4 N–H and O–H groups in total. The number of aromatic nitrogens is 1. The van der Waals surface area contributed by atoms with Gasteiger partial charge in [-0.05, 0) is 17.5 Å². The Morgan fingerprint density at radius 1 is 1.37 bits per heavy atom. The molecule has 4 heteroatoms. The highest BCUT2D eigenvalue weighted by atomic mass is 16.1. The maximum absolute atomic E-state index is 11.9. The number of fused-ring (bicyclic) bond motifs is 1. The fourth-order valence-electron chi connectivity index (χ4n) is 1.98. The summed E-state index contributed by atoms with van der Waals surface area (Å²) in [4.78, 5) is 15.1. The van der Waals surface area contributed by atoms with Crippen LogP contribution in [-0.2, 0) is 11.2 Å². The van der Waals surface area contributed by atoms with E-state index in [0.29, 0.717) is 18.9 Å². The van der Waals surface area contributed by atoms with Crippen LogP contribution in [0.3, 0.4) is 0 Å². The highest BCUT2D eigenvalue weighted by molar-refractivity contribution is 5.88. The summed E-state index contributed by atoms with van der Waals surface area (Å²) < 4.78 is 0. The van der Waals surface area contributed by atoms with Crippen molar-refractivity contribution in [2.24, 2.45) is 11.7 Å². The fraction of sp³-hybridized carbons (Fsp3) is 0.400. The number of rotatable bonds is 5. The first-order valence-corrected chi connectivity index (χ1v) is 6.65. The van der Waals surface area contributed by atoms with Crippen LogP contribution in [0.25, 0.3) is 10.9 Å². The molecule has 0 aliphatic heterocycles. The van der Waals surface area contributed by atoms with Crippen LogP contribution in [0.2, 0.25) is 0 Å². The van der Waals surface area contributed by atoms with Crippen molar-refractivity contribution >= 4 is 16.8 Å². The summed E-state index contributed by atoms with van der Waals surface area (Å²) in [5.41, 5.74) is 7.99. The molecule has 1 atom stereocenters. The smallest absolute Gasteiger partial charge is 0.224 e. The zero-order valence-electron chi connectivity index (χ0n) is 11.4. The average Bonchev–Trinajstić information content (AvgIpc) is 2.79. The SMILES string of the molecule is CC(C)C(N)CNC(=O)Cc1c[nH]c2ccccc12. The summed E-state index contributed by atoms with van der Waals surface area (Å²) in [7, 11) is 0. The van der Waals surface area contributed by atoms with Gasteiger partial charge in [0, 0.05) is 29.7 Å². The second-order valence-corrected chi connectivity index (χ2v) is 5.25. The van der Waals surface area contributed by atoms with E-state index in [1.54, 1.807) is 0 Å². The molecule has 0 bridgehead atoms. The number of hydrogen-bond acceptors (Lipinski definition) is 2. The Balaban J connectivity index is 1.96. The van der Waals surface area contributed by atoms with Crippen LogP contribution >= 0.6 is 0 Å². The Hall–Kier alpha value is -1.81. The van der Waals surface area contributed by atoms with Gasteiger partial charge in [0.25, 0.3) is 0 Å². The second kappa shape index (κ2) is 5.89. The van der Waals surface area contributed by atoms with E-state index in [-0.39, 0.29) is 11.9 Å². The van der Waals surface area contributed by atoms with Gasteiger partial charge >= 0.3 is 0 Å². The average molecular weight is 259 g/mol. The minimum absolute atomic E-state index is 0.00641. The Labute approximate surface area is 113 Å². The maximum Gasteiger partial charge on any atom is 0.224 e. The molecule has 0 fully saturated rings. The Morgan fingerprint density at radius 2 is 2.11 bits per heavy atom. The third-order valence-corrected chi connectivity index (χ3v) is 3.42. The molecular weight excluding hydrogens is 238 g/mol. The van der Waals surface area contributed by atoms with Crippen LogP contribution in [0, 0.1) is 5.92 Å². The van der Waals surface area contributed by atoms with E-state index in [0.717, 1.165) is 16.5 Å². The molecule has 102 valence electrons. The van der Waals surface area contributed by atoms with Gasteiger partial charge in [-0.3, -0.25) is 4.79 Å². The summed E-state index contributed by atoms with van der Waals surface area (Å²) in [6.45, 7) is 4.63. The minimum Gasteiger partial charge on any atom is -0.361 e.